The summed E-state index contributed by atoms with van der Waals surface area (Å²) in [7, 11) is -8.13. The predicted molar refractivity (Wildman–Crippen MR) is 93.3 cm³/mol. The maximum atomic E-state index is 12.2. The number of rotatable bonds is 6. The number of benzene rings is 1. The molecular weight excluding hydrogens is 382 g/mol. The second-order valence-corrected chi connectivity index (χ2v) is 9.48. The van der Waals surface area contributed by atoms with E-state index in [2.05, 4.69) is 16.6 Å². The van der Waals surface area contributed by atoms with E-state index in [1.54, 1.807) is 11.8 Å². The normalized spacial score (nSPS) is 16.4. The number of nitrogens with one attached hydrogen (secondary N) is 1. The number of hydrogen-bond acceptors (Lipinski definition) is 6. The maximum Gasteiger partial charge on any atom is 0.286 e. The van der Waals surface area contributed by atoms with Gasteiger partial charge in [-0.15, -0.1) is 4.40 Å². The molecule has 7 nitrogen and oxygen atoms in total. The zero-order valence-corrected chi connectivity index (χ0v) is 15.4. The molecular formula is C12H16ClN3O4S3. The summed E-state index contributed by atoms with van der Waals surface area (Å²) in [5.41, 5.74) is 0.198. The molecule has 0 unspecified atom stereocenters. The number of anilines is 1. The van der Waals surface area contributed by atoms with E-state index in [9.17, 15) is 16.8 Å². The van der Waals surface area contributed by atoms with Crippen LogP contribution in [0, 0.1) is 0 Å². The predicted octanol–water partition coefficient (Wildman–Crippen LogP) is 2.03. The van der Waals surface area contributed by atoms with E-state index in [1.165, 1.54) is 6.07 Å². The molecule has 0 radical (unpaired) electrons. The molecule has 0 aliphatic carbocycles. The van der Waals surface area contributed by atoms with E-state index < -0.39 is 24.9 Å². The van der Waals surface area contributed by atoms with Gasteiger partial charge in [-0.1, -0.05) is 24.9 Å². The third-order valence-electron chi connectivity index (χ3n) is 3.01. The van der Waals surface area contributed by atoms with Gasteiger partial charge in [-0.05, 0) is 24.3 Å². The standard InChI is InChI=1S/C12H16ClN3O4S3/c1-2-3-4-21-7-12-15-9-5-8(13)10(22(14,17)18)6-11(9)23(19,20)16-12/h5-6H,2-4,7H2,1H3,(H,15,16)(H2,14,17,18). The third kappa shape index (κ3) is 4.38. The first-order valence-electron chi connectivity index (χ1n) is 6.70. The van der Waals surface area contributed by atoms with Crippen molar-refractivity contribution in [3.63, 3.8) is 0 Å². The molecule has 0 saturated heterocycles. The van der Waals surface area contributed by atoms with Crippen LogP contribution in [0.1, 0.15) is 19.8 Å². The highest BCUT2D eigenvalue weighted by atomic mass is 35.5. The second kappa shape index (κ2) is 6.98. The fourth-order valence-corrected chi connectivity index (χ4v) is 5.29. The van der Waals surface area contributed by atoms with Crippen LogP contribution < -0.4 is 10.5 Å². The Morgan fingerprint density at radius 1 is 1.39 bits per heavy atom. The molecule has 0 atom stereocenters. The Morgan fingerprint density at radius 2 is 2.09 bits per heavy atom. The molecule has 0 fully saturated rings. The first-order chi connectivity index (χ1) is 10.6. The number of halogens is 1. The van der Waals surface area contributed by atoms with Crippen LogP contribution in [-0.4, -0.2) is 34.2 Å². The average Bonchev–Trinajstić information content (AvgIpc) is 2.40. The molecule has 1 aliphatic rings. The number of nitrogens with two attached hydrogens (primary N) is 1. The molecule has 0 amide bonds. The molecule has 2 rings (SSSR count). The molecule has 23 heavy (non-hydrogen) atoms. The van der Waals surface area contributed by atoms with E-state index >= 15 is 0 Å². The summed E-state index contributed by atoms with van der Waals surface area (Å²) in [6.45, 7) is 2.07. The first kappa shape index (κ1) is 18.5. The Hall–Kier alpha value is -0.810. The maximum absolute atomic E-state index is 12.2. The highest BCUT2D eigenvalue weighted by Gasteiger charge is 2.28. The SMILES string of the molecule is CCCCSCC1=NS(=O)(=O)c2cc(S(N)(=O)=O)c(Cl)cc2N1. The molecule has 1 aliphatic heterocycles. The minimum absolute atomic E-state index is 0.145. The summed E-state index contributed by atoms with van der Waals surface area (Å²) in [5, 5.41) is 7.77. The van der Waals surface area contributed by atoms with Crippen molar-refractivity contribution in [2.24, 2.45) is 9.54 Å². The third-order valence-corrected chi connectivity index (χ3v) is 6.79. The Labute approximate surface area is 144 Å². The molecule has 11 heteroatoms. The van der Waals surface area contributed by atoms with Crippen molar-refractivity contribution in [2.45, 2.75) is 29.6 Å². The summed E-state index contributed by atoms with van der Waals surface area (Å²) in [5.74, 6) is 1.60. The van der Waals surface area contributed by atoms with Crippen LogP contribution in [0.3, 0.4) is 0 Å². The summed E-state index contributed by atoms with van der Waals surface area (Å²) < 4.78 is 51.1. The number of fused-ring (bicyclic) bond motifs is 1. The summed E-state index contributed by atoms with van der Waals surface area (Å²) >= 11 is 7.46. The molecule has 0 aromatic heterocycles. The van der Waals surface area contributed by atoms with Crippen molar-refractivity contribution < 1.29 is 16.8 Å². The van der Waals surface area contributed by atoms with Gasteiger partial charge in [0, 0.05) is 0 Å². The van der Waals surface area contributed by atoms with E-state index in [0.29, 0.717) is 5.75 Å². The van der Waals surface area contributed by atoms with Crippen molar-refractivity contribution in [2.75, 3.05) is 16.8 Å². The minimum atomic E-state index is -4.13. The zero-order valence-electron chi connectivity index (χ0n) is 12.2. The lowest BCUT2D eigenvalue weighted by molar-refractivity contribution is 0.596. The van der Waals surface area contributed by atoms with Crippen LogP contribution in [0.2, 0.25) is 5.02 Å². The van der Waals surface area contributed by atoms with Gasteiger partial charge in [-0.25, -0.2) is 13.6 Å². The Kier molecular flexibility index (Phi) is 5.62. The van der Waals surface area contributed by atoms with Crippen LogP contribution >= 0.6 is 23.4 Å². The number of nitrogens with zero attached hydrogens (tertiary/aromatic N) is 1. The van der Waals surface area contributed by atoms with Crippen LogP contribution in [0.4, 0.5) is 5.69 Å². The van der Waals surface area contributed by atoms with E-state index in [1.807, 2.05) is 0 Å². The molecule has 0 bridgehead atoms. The van der Waals surface area contributed by atoms with Crippen LogP contribution in [-0.2, 0) is 20.0 Å². The van der Waals surface area contributed by atoms with Gasteiger partial charge < -0.3 is 5.32 Å². The van der Waals surface area contributed by atoms with Gasteiger partial charge in [-0.2, -0.15) is 20.2 Å². The minimum Gasteiger partial charge on any atom is -0.341 e. The number of sulfonamides is 2. The van der Waals surface area contributed by atoms with Crippen molar-refractivity contribution >= 4 is 54.9 Å². The molecule has 1 heterocycles. The van der Waals surface area contributed by atoms with Crippen LogP contribution in [0.15, 0.2) is 26.3 Å². The average molecular weight is 398 g/mol. The van der Waals surface area contributed by atoms with Gasteiger partial charge in [0.25, 0.3) is 10.0 Å². The highest BCUT2D eigenvalue weighted by Crippen LogP contribution is 2.34. The molecule has 1 aromatic rings. The van der Waals surface area contributed by atoms with Crippen LogP contribution in [0.25, 0.3) is 0 Å². The molecule has 3 N–H and O–H groups in total. The van der Waals surface area contributed by atoms with E-state index in [0.717, 1.165) is 24.7 Å². The molecule has 128 valence electrons. The van der Waals surface area contributed by atoms with Gasteiger partial charge in [-0.3, -0.25) is 0 Å². The van der Waals surface area contributed by atoms with Gasteiger partial charge in [0.15, 0.2) is 0 Å². The monoisotopic (exact) mass is 397 g/mol. The Morgan fingerprint density at radius 3 is 2.70 bits per heavy atom. The number of unbranched alkanes of at least 4 members (excludes halogenated alkanes) is 1. The first-order valence-corrected chi connectivity index (χ1v) is 11.2. The van der Waals surface area contributed by atoms with Crippen molar-refractivity contribution in [1.29, 1.82) is 0 Å². The fourth-order valence-electron chi connectivity index (χ4n) is 1.91. The quantitative estimate of drug-likeness (QED) is 0.709. The number of thioether (sulfide) groups is 1. The lowest BCUT2D eigenvalue weighted by atomic mass is 10.3. The zero-order chi connectivity index (χ0) is 17.3. The second-order valence-electron chi connectivity index (χ2n) is 4.87. The molecule has 0 spiro atoms. The molecule has 0 saturated carbocycles. The lowest BCUT2D eigenvalue weighted by Gasteiger charge is -2.19. The Balaban J connectivity index is 2.36. The lowest BCUT2D eigenvalue weighted by Crippen LogP contribution is -2.24. The smallest absolute Gasteiger partial charge is 0.286 e. The van der Waals surface area contributed by atoms with Gasteiger partial charge in [0.1, 0.15) is 15.6 Å². The molecule has 1 aromatic carbocycles. The fraction of sp³-hybridized carbons (Fsp3) is 0.417. The van der Waals surface area contributed by atoms with Gasteiger partial charge in [0.05, 0.1) is 16.5 Å². The number of hydrogen-bond donors (Lipinski definition) is 2. The number of amidine groups is 1. The Bertz CT molecular complexity index is 851. The highest BCUT2D eigenvalue weighted by molar-refractivity contribution is 8.00. The summed E-state index contributed by atoms with van der Waals surface area (Å²) in [6, 6.07) is 2.17. The van der Waals surface area contributed by atoms with E-state index in [-0.39, 0.29) is 21.4 Å². The topological polar surface area (TPSA) is 119 Å². The van der Waals surface area contributed by atoms with Crippen LogP contribution in [0.5, 0.6) is 0 Å². The van der Waals surface area contributed by atoms with Gasteiger partial charge in [0.2, 0.25) is 10.0 Å². The largest absolute Gasteiger partial charge is 0.341 e. The van der Waals surface area contributed by atoms with Crippen molar-refractivity contribution in [1.82, 2.24) is 0 Å². The number of primary sulfonamides is 1. The van der Waals surface area contributed by atoms with E-state index in [4.69, 9.17) is 16.7 Å². The summed E-state index contributed by atoms with van der Waals surface area (Å²) in [6.07, 6.45) is 2.09. The van der Waals surface area contributed by atoms with Crippen molar-refractivity contribution in [3.8, 4) is 0 Å². The van der Waals surface area contributed by atoms with Gasteiger partial charge >= 0.3 is 0 Å². The summed E-state index contributed by atoms with van der Waals surface area (Å²) in [4.78, 5) is -0.701. The van der Waals surface area contributed by atoms with Crippen molar-refractivity contribution in [3.05, 3.63) is 17.2 Å².